The summed E-state index contributed by atoms with van der Waals surface area (Å²) in [4.78, 5) is 30.7. The van der Waals surface area contributed by atoms with Crippen LogP contribution in [0.2, 0.25) is 10.0 Å². The molecule has 0 N–H and O–H groups in total. The minimum atomic E-state index is -0.341. The molecule has 0 aliphatic carbocycles. The number of amides is 2. The molecule has 2 aliphatic heterocycles. The highest BCUT2D eigenvalue weighted by atomic mass is 35.5. The molecular weight excluding hydrogens is 419 g/mol. The van der Waals surface area contributed by atoms with Crippen molar-refractivity contribution in [3.8, 4) is 0 Å². The fraction of sp³-hybridized carbons (Fsp3) is 0.333. The zero-order chi connectivity index (χ0) is 21.6. The maximum absolute atomic E-state index is 13.7. The number of imide groups is 1. The number of hydrogen-bond donors (Lipinski definition) is 0. The van der Waals surface area contributed by atoms with Gasteiger partial charge in [-0.2, -0.15) is 0 Å². The van der Waals surface area contributed by atoms with Crippen molar-refractivity contribution in [3.63, 3.8) is 0 Å². The summed E-state index contributed by atoms with van der Waals surface area (Å²) < 4.78 is 0. The van der Waals surface area contributed by atoms with Crippen LogP contribution in [0.15, 0.2) is 42.1 Å². The molecule has 0 atom stereocenters. The molecule has 2 amide bonds. The van der Waals surface area contributed by atoms with Gasteiger partial charge in [-0.15, -0.1) is 0 Å². The molecule has 0 unspecified atom stereocenters. The fourth-order valence-corrected chi connectivity index (χ4v) is 4.66. The molecule has 6 heteroatoms. The van der Waals surface area contributed by atoms with Crippen molar-refractivity contribution in [2.75, 3.05) is 18.0 Å². The molecular formula is C24H24Cl2N2O2. The molecule has 4 nitrogen and oxygen atoms in total. The Labute approximate surface area is 187 Å². The summed E-state index contributed by atoms with van der Waals surface area (Å²) in [6, 6.07) is 10.8. The van der Waals surface area contributed by atoms with Gasteiger partial charge in [0.1, 0.15) is 5.70 Å². The summed E-state index contributed by atoms with van der Waals surface area (Å²) >= 11 is 12.6. The van der Waals surface area contributed by atoms with Crippen molar-refractivity contribution in [2.24, 2.45) is 5.92 Å². The molecule has 1 fully saturated rings. The Bertz CT molecular complexity index is 1070. The van der Waals surface area contributed by atoms with Gasteiger partial charge >= 0.3 is 0 Å². The second-order valence-electron chi connectivity index (χ2n) is 8.25. The van der Waals surface area contributed by atoms with E-state index in [1.807, 2.05) is 36.9 Å². The van der Waals surface area contributed by atoms with Crippen molar-refractivity contribution >= 4 is 46.3 Å². The van der Waals surface area contributed by atoms with E-state index in [0.717, 1.165) is 37.1 Å². The lowest BCUT2D eigenvalue weighted by Gasteiger charge is -2.32. The van der Waals surface area contributed by atoms with Crippen LogP contribution in [0.3, 0.4) is 0 Å². The number of nitrogens with zero attached hydrogens (tertiary/aromatic N) is 2. The topological polar surface area (TPSA) is 40.6 Å². The van der Waals surface area contributed by atoms with E-state index in [-0.39, 0.29) is 11.8 Å². The third kappa shape index (κ3) is 3.63. The predicted molar refractivity (Wildman–Crippen MR) is 122 cm³/mol. The molecule has 1 saturated heterocycles. The predicted octanol–water partition coefficient (Wildman–Crippen LogP) is 5.63. The van der Waals surface area contributed by atoms with Gasteiger partial charge in [0.05, 0.1) is 16.3 Å². The van der Waals surface area contributed by atoms with E-state index in [1.165, 1.54) is 4.90 Å². The molecule has 0 radical (unpaired) electrons. The molecule has 2 aromatic carbocycles. The molecule has 4 rings (SSSR count). The molecule has 2 heterocycles. The van der Waals surface area contributed by atoms with Crippen molar-refractivity contribution < 1.29 is 9.59 Å². The van der Waals surface area contributed by atoms with Gasteiger partial charge in [-0.3, -0.25) is 9.59 Å². The zero-order valence-electron chi connectivity index (χ0n) is 17.3. The quantitative estimate of drug-likeness (QED) is 0.578. The summed E-state index contributed by atoms with van der Waals surface area (Å²) in [5.74, 6) is -0.0254. The Kier molecular flexibility index (Phi) is 5.65. The number of carbonyl (C=O) groups excluding carboxylic acids is 2. The van der Waals surface area contributed by atoms with Crippen LogP contribution in [0, 0.1) is 19.8 Å². The monoisotopic (exact) mass is 442 g/mol. The average molecular weight is 443 g/mol. The van der Waals surface area contributed by atoms with Crippen LogP contribution in [-0.4, -0.2) is 29.8 Å². The lowest BCUT2D eigenvalue weighted by molar-refractivity contribution is -0.120. The molecule has 30 heavy (non-hydrogen) atoms. The third-order valence-corrected chi connectivity index (χ3v) is 6.51. The molecule has 0 bridgehead atoms. The first kappa shape index (κ1) is 21.0. The van der Waals surface area contributed by atoms with Gasteiger partial charge in [0.25, 0.3) is 11.8 Å². The van der Waals surface area contributed by atoms with Gasteiger partial charge < -0.3 is 4.90 Å². The molecule has 2 aliphatic rings. The minimum Gasteiger partial charge on any atom is -0.366 e. The molecule has 0 aromatic heterocycles. The van der Waals surface area contributed by atoms with E-state index in [1.54, 1.807) is 18.2 Å². The zero-order valence-corrected chi connectivity index (χ0v) is 18.8. The number of halogens is 2. The van der Waals surface area contributed by atoms with Crippen molar-refractivity contribution in [2.45, 2.75) is 33.6 Å². The van der Waals surface area contributed by atoms with Crippen LogP contribution in [0.4, 0.5) is 5.69 Å². The number of piperidine rings is 1. The first-order chi connectivity index (χ1) is 14.3. The maximum atomic E-state index is 13.7. The number of likely N-dealkylation sites (tertiary alicyclic amines) is 1. The van der Waals surface area contributed by atoms with Crippen molar-refractivity contribution in [1.29, 1.82) is 0 Å². The van der Waals surface area contributed by atoms with Crippen LogP contribution >= 0.6 is 23.2 Å². The van der Waals surface area contributed by atoms with Crippen molar-refractivity contribution in [1.82, 2.24) is 4.90 Å². The van der Waals surface area contributed by atoms with E-state index < -0.39 is 0 Å². The summed E-state index contributed by atoms with van der Waals surface area (Å²) in [7, 11) is 0. The first-order valence-electron chi connectivity index (χ1n) is 10.2. The Hall–Kier alpha value is -2.30. The highest BCUT2D eigenvalue weighted by Gasteiger charge is 2.44. The fourth-order valence-electron chi connectivity index (χ4n) is 4.16. The van der Waals surface area contributed by atoms with Gasteiger partial charge in [0, 0.05) is 23.7 Å². The summed E-state index contributed by atoms with van der Waals surface area (Å²) in [5, 5.41) is 0.852. The lowest BCUT2D eigenvalue weighted by atomic mass is 9.97. The first-order valence-corrected chi connectivity index (χ1v) is 10.9. The van der Waals surface area contributed by atoms with Gasteiger partial charge in [-0.1, -0.05) is 48.3 Å². The molecule has 0 saturated carbocycles. The van der Waals surface area contributed by atoms with Crippen LogP contribution in [0.1, 0.15) is 36.5 Å². The Balaban J connectivity index is 1.87. The number of carbonyl (C=O) groups is 2. The lowest BCUT2D eigenvalue weighted by Crippen LogP contribution is -2.38. The van der Waals surface area contributed by atoms with Gasteiger partial charge in [-0.25, -0.2) is 4.90 Å². The highest BCUT2D eigenvalue weighted by molar-refractivity contribution is 6.47. The largest absolute Gasteiger partial charge is 0.366 e. The van der Waals surface area contributed by atoms with Crippen molar-refractivity contribution in [3.05, 3.63) is 68.8 Å². The van der Waals surface area contributed by atoms with Gasteiger partial charge in [0.2, 0.25) is 0 Å². The van der Waals surface area contributed by atoms with Gasteiger partial charge in [-0.05, 0) is 61.9 Å². The van der Waals surface area contributed by atoms with E-state index in [2.05, 4.69) is 6.92 Å². The van der Waals surface area contributed by atoms with E-state index in [9.17, 15) is 9.59 Å². The normalized spacial score (nSPS) is 18.0. The number of anilines is 1. The second-order valence-corrected chi connectivity index (χ2v) is 9.10. The number of benzene rings is 2. The van der Waals surface area contributed by atoms with Crippen LogP contribution in [0.5, 0.6) is 0 Å². The number of aryl methyl sites for hydroxylation is 2. The molecule has 0 spiro atoms. The number of rotatable bonds is 3. The summed E-state index contributed by atoms with van der Waals surface area (Å²) in [6.45, 7) is 7.55. The number of hydrogen-bond acceptors (Lipinski definition) is 3. The van der Waals surface area contributed by atoms with E-state index >= 15 is 0 Å². The Morgan fingerprint density at radius 1 is 0.933 bits per heavy atom. The second kappa shape index (κ2) is 8.09. The Morgan fingerprint density at radius 3 is 2.30 bits per heavy atom. The molecule has 156 valence electrons. The van der Waals surface area contributed by atoms with E-state index in [4.69, 9.17) is 23.2 Å². The SMILES string of the molecule is Cc1ccc(C)c(N2C(=O)C(c3ccc(Cl)cc3Cl)=C(N3CCC(C)CC3)C2=O)c1. The van der Waals surface area contributed by atoms with Crippen LogP contribution in [0.25, 0.3) is 5.57 Å². The van der Waals surface area contributed by atoms with E-state index in [0.29, 0.717) is 38.5 Å². The van der Waals surface area contributed by atoms with Crippen LogP contribution in [-0.2, 0) is 9.59 Å². The smallest absolute Gasteiger partial charge is 0.282 e. The maximum Gasteiger partial charge on any atom is 0.282 e. The third-order valence-electron chi connectivity index (χ3n) is 5.97. The average Bonchev–Trinajstić information content (AvgIpc) is 2.95. The van der Waals surface area contributed by atoms with Gasteiger partial charge in [0.15, 0.2) is 0 Å². The summed E-state index contributed by atoms with van der Waals surface area (Å²) in [5.41, 5.74) is 3.82. The summed E-state index contributed by atoms with van der Waals surface area (Å²) in [6.07, 6.45) is 1.96. The molecule has 2 aromatic rings. The minimum absolute atomic E-state index is 0.288. The standard InChI is InChI=1S/C24H24Cl2N2O2/c1-14-8-10-27(11-9-14)22-21(18-7-6-17(25)13-19(18)26)23(29)28(24(22)30)20-12-15(2)4-5-16(20)3/h4-7,12-14H,8-11H2,1-3H3. The Morgan fingerprint density at radius 2 is 1.63 bits per heavy atom. The van der Waals surface area contributed by atoms with Crippen LogP contribution < -0.4 is 4.90 Å². The highest BCUT2D eigenvalue weighted by Crippen LogP contribution is 2.40.